The van der Waals surface area contributed by atoms with E-state index >= 15 is 0 Å². The summed E-state index contributed by atoms with van der Waals surface area (Å²) in [6, 6.07) is 14.3. The fourth-order valence-corrected chi connectivity index (χ4v) is 4.43. The molecule has 3 rings (SSSR count). The number of nitrogens with zero attached hydrogens (tertiary/aromatic N) is 2. The third kappa shape index (κ3) is 8.23. The molecule has 2 aromatic carbocycles. The number of esters is 1. The third-order valence-electron chi connectivity index (χ3n) is 6.07. The molecule has 1 N–H and O–H groups in total. The van der Waals surface area contributed by atoms with Crippen molar-refractivity contribution in [3.8, 4) is 5.75 Å². The number of benzene rings is 2. The van der Waals surface area contributed by atoms with E-state index in [1.165, 1.54) is 4.90 Å². The highest BCUT2D eigenvalue weighted by atomic mass is 16.6. The SMILES string of the molecule is CC(C)(C)OC(=O)C1CCCN1C(=O)C(Cc1ccc(O)cc1)N(Cc1ccccc1)C(=O)OC(C)(C)C. The maximum Gasteiger partial charge on any atom is 0.411 e. The zero-order valence-corrected chi connectivity index (χ0v) is 23.3. The summed E-state index contributed by atoms with van der Waals surface area (Å²) in [6.07, 6.45) is 0.721. The minimum Gasteiger partial charge on any atom is -0.508 e. The Morgan fingerprint density at radius 2 is 1.53 bits per heavy atom. The number of phenolic OH excluding ortho intramolecular Hbond substituents is 1. The summed E-state index contributed by atoms with van der Waals surface area (Å²) in [7, 11) is 0. The van der Waals surface area contributed by atoms with Gasteiger partial charge in [-0.15, -0.1) is 0 Å². The van der Waals surface area contributed by atoms with E-state index in [0.29, 0.717) is 19.4 Å². The normalized spacial score (nSPS) is 16.6. The molecule has 2 aromatic rings. The molecule has 2 amide bonds. The van der Waals surface area contributed by atoms with Gasteiger partial charge in [0.1, 0.15) is 29.0 Å². The van der Waals surface area contributed by atoms with Crippen LogP contribution in [0.4, 0.5) is 4.79 Å². The summed E-state index contributed by atoms with van der Waals surface area (Å²) >= 11 is 0. The van der Waals surface area contributed by atoms with Crippen LogP contribution in [0.1, 0.15) is 65.5 Å². The molecule has 0 aromatic heterocycles. The zero-order chi connectivity index (χ0) is 28.1. The van der Waals surface area contributed by atoms with E-state index in [1.54, 1.807) is 70.7 Å². The molecule has 0 radical (unpaired) electrons. The summed E-state index contributed by atoms with van der Waals surface area (Å²) < 4.78 is 11.4. The molecule has 2 unspecified atom stereocenters. The van der Waals surface area contributed by atoms with Crippen molar-refractivity contribution in [2.45, 2.75) is 90.6 Å². The second kappa shape index (κ2) is 11.9. The smallest absolute Gasteiger partial charge is 0.411 e. The van der Waals surface area contributed by atoms with Gasteiger partial charge < -0.3 is 19.5 Å². The lowest BCUT2D eigenvalue weighted by Gasteiger charge is -2.36. The van der Waals surface area contributed by atoms with Gasteiger partial charge in [-0.1, -0.05) is 42.5 Å². The van der Waals surface area contributed by atoms with Gasteiger partial charge in [0.15, 0.2) is 0 Å². The Morgan fingerprint density at radius 3 is 2.11 bits per heavy atom. The van der Waals surface area contributed by atoms with E-state index in [-0.39, 0.29) is 24.6 Å². The molecule has 0 bridgehead atoms. The summed E-state index contributed by atoms with van der Waals surface area (Å²) in [4.78, 5) is 43.8. The molecule has 1 fully saturated rings. The Morgan fingerprint density at radius 1 is 0.921 bits per heavy atom. The Bertz CT molecular complexity index is 1100. The van der Waals surface area contributed by atoms with E-state index in [1.807, 2.05) is 30.3 Å². The standard InChI is InChI=1S/C30H40N2O6/c1-29(2,3)37-27(35)24-13-10-18-31(24)26(34)25(19-21-14-16-23(33)17-15-21)32(28(36)38-30(4,5)6)20-22-11-8-7-9-12-22/h7-9,11-12,14-17,24-25,33H,10,13,18-20H2,1-6H3. The first-order valence-electron chi connectivity index (χ1n) is 13.1. The van der Waals surface area contributed by atoms with Gasteiger partial charge in [-0.25, -0.2) is 9.59 Å². The molecule has 0 spiro atoms. The van der Waals surface area contributed by atoms with Crippen LogP contribution in [0.5, 0.6) is 5.75 Å². The first-order chi connectivity index (χ1) is 17.7. The maximum atomic E-state index is 14.2. The number of aromatic hydroxyl groups is 1. The quantitative estimate of drug-likeness (QED) is 0.508. The number of ether oxygens (including phenoxy) is 2. The van der Waals surface area contributed by atoms with Gasteiger partial charge in [-0.3, -0.25) is 9.69 Å². The molecule has 8 heteroatoms. The van der Waals surface area contributed by atoms with Crippen LogP contribution in [0.25, 0.3) is 0 Å². The minimum atomic E-state index is -0.947. The van der Waals surface area contributed by atoms with E-state index in [4.69, 9.17) is 9.47 Å². The monoisotopic (exact) mass is 524 g/mol. The van der Waals surface area contributed by atoms with E-state index < -0.39 is 35.3 Å². The Hall–Kier alpha value is -3.55. The molecule has 1 heterocycles. The molecule has 0 aliphatic carbocycles. The number of hydrogen-bond acceptors (Lipinski definition) is 6. The molecule has 206 valence electrons. The summed E-state index contributed by atoms with van der Waals surface area (Å²) in [5.74, 6) is -0.679. The number of likely N-dealkylation sites (tertiary alicyclic amines) is 1. The molecule has 8 nitrogen and oxygen atoms in total. The lowest BCUT2D eigenvalue weighted by atomic mass is 10.0. The Kier molecular flexibility index (Phi) is 9.07. The Balaban J connectivity index is 2.01. The van der Waals surface area contributed by atoms with Gasteiger partial charge in [0.25, 0.3) is 0 Å². The van der Waals surface area contributed by atoms with Gasteiger partial charge in [0.05, 0.1) is 0 Å². The Labute approximate surface area is 225 Å². The molecule has 1 aliphatic rings. The van der Waals surface area contributed by atoms with Crippen LogP contribution < -0.4 is 0 Å². The van der Waals surface area contributed by atoms with Gasteiger partial charge in [-0.2, -0.15) is 0 Å². The van der Waals surface area contributed by atoms with E-state index in [2.05, 4.69) is 0 Å². The largest absolute Gasteiger partial charge is 0.508 e. The lowest BCUT2D eigenvalue weighted by molar-refractivity contribution is -0.164. The molecule has 0 saturated carbocycles. The highest BCUT2D eigenvalue weighted by molar-refractivity contribution is 5.90. The minimum absolute atomic E-state index is 0.106. The van der Waals surface area contributed by atoms with Crippen LogP contribution in [-0.4, -0.2) is 62.7 Å². The lowest BCUT2D eigenvalue weighted by Crippen LogP contribution is -2.55. The van der Waals surface area contributed by atoms with Crippen molar-refractivity contribution >= 4 is 18.0 Å². The molecule has 1 saturated heterocycles. The number of carbonyl (C=O) groups excluding carboxylic acids is 3. The molecule has 1 aliphatic heterocycles. The third-order valence-corrected chi connectivity index (χ3v) is 6.07. The molecule has 2 atom stereocenters. The number of hydrogen-bond donors (Lipinski definition) is 1. The van der Waals surface area contributed by atoms with Crippen molar-refractivity contribution in [2.75, 3.05) is 6.54 Å². The molecular weight excluding hydrogens is 484 g/mol. The van der Waals surface area contributed by atoms with Crippen molar-refractivity contribution in [1.29, 1.82) is 0 Å². The van der Waals surface area contributed by atoms with E-state index in [0.717, 1.165) is 11.1 Å². The predicted octanol–water partition coefficient (Wildman–Crippen LogP) is 5.07. The highest BCUT2D eigenvalue weighted by Crippen LogP contribution is 2.26. The van der Waals surface area contributed by atoms with Crippen molar-refractivity contribution < 1.29 is 29.0 Å². The van der Waals surface area contributed by atoms with Crippen LogP contribution in [0.3, 0.4) is 0 Å². The summed E-state index contributed by atoms with van der Waals surface area (Å²) in [6.45, 7) is 11.3. The molecule has 38 heavy (non-hydrogen) atoms. The van der Waals surface area contributed by atoms with Gasteiger partial charge in [0, 0.05) is 19.5 Å². The van der Waals surface area contributed by atoms with Crippen molar-refractivity contribution in [3.05, 3.63) is 65.7 Å². The predicted molar refractivity (Wildman–Crippen MR) is 144 cm³/mol. The van der Waals surface area contributed by atoms with Gasteiger partial charge in [-0.05, 0) is 77.6 Å². The van der Waals surface area contributed by atoms with Crippen LogP contribution in [0.2, 0.25) is 0 Å². The molecular formula is C30H40N2O6. The number of rotatable bonds is 7. The van der Waals surface area contributed by atoms with Crippen molar-refractivity contribution in [1.82, 2.24) is 9.80 Å². The topological polar surface area (TPSA) is 96.4 Å². The zero-order valence-electron chi connectivity index (χ0n) is 23.3. The van der Waals surface area contributed by atoms with Crippen LogP contribution in [0, 0.1) is 0 Å². The summed E-state index contributed by atoms with van der Waals surface area (Å²) in [5.41, 5.74) is 0.142. The average Bonchev–Trinajstić information content (AvgIpc) is 3.31. The fourth-order valence-electron chi connectivity index (χ4n) is 4.43. The first kappa shape index (κ1) is 29.0. The summed E-state index contributed by atoms with van der Waals surface area (Å²) in [5, 5.41) is 9.77. The second-order valence-electron chi connectivity index (χ2n) is 11.7. The van der Waals surface area contributed by atoms with Crippen LogP contribution >= 0.6 is 0 Å². The highest BCUT2D eigenvalue weighted by Gasteiger charge is 2.42. The van der Waals surface area contributed by atoms with Gasteiger partial charge >= 0.3 is 12.1 Å². The fraction of sp³-hybridized carbons (Fsp3) is 0.500. The second-order valence-corrected chi connectivity index (χ2v) is 11.7. The average molecular weight is 525 g/mol. The van der Waals surface area contributed by atoms with Gasteiger partial charge in [0.2, 0.25) is 5.91 Å². The first-order valence-corrected chi connectivity index (χ1v) is 13.1. The number of amides is 2. The number of phenols is 1. The van der Waals surface area contributed by atoms with Crippen LogP contribution in [0.15, 0.2) is 54.6 Å². The maximum absolute atomic E-state index is 14.2. The van der Waals surface area contributed by atoms with Crippen LogP contribution in [-0.2, 0) is 32.0 Å². The number of carbonyl (C=O) groups is 3. The van der Waals surface area contributed by atoms with E-state index in [9.17, 15) is 19.5 Å². The van der Waals surface area contributed by atoms with Crippen molar-refractivity contribution in [3.63, 3.8) is 0 Å². The van der Waals surface area contributed by atoms with Crippen molar-refractivity contribution in [2.24, 2.45) is 0 Å².